The largest absolute Gasteiger partial charge is 0.507 e. The third-order valence-corrected chi connectivity index (χ3v) is 5.20. The van der Waals surface area contributed by atoms with Crippen molar-refractivity contribution in [3.05, 3.63) is 64.2 Å². The fourth-order valence-corrected chi connectivity index (χ4v) is 3.60. The molecule has 0 aromatic heterocycles. The Labute approximate surface area is 169 Å². The number of benzene rings is 2. The molecule has 1 fully saturated rings. The van der Waals surface area contributed by atoms with Crippen LogP contribution in [0.3, 0.4) is 0 Å². The molecule has 1 unspecified atom stereocenters. The van der Waals surface area contributed by atoms with Crippen LogP contribution in [0.25, 0.3) is 6.08 Å². The average Bonchev–Trinajstić information content (AvgIpc) is 2.68. The van der Waals surface area contributed by atoms with Crippen LogP contribution >= 0.6 is 11.6 Å². The molecule has 148 valence electrons. The second kappa shape index (κ2) is 9.24. The number of aromatic hydroxyl groups is 1. The van der Waals surface area contributed by atoms with Crippen molar-refractivity contribution in [3.63, 3.8) is 0 Å². The summed E-state index contributed by atoms with van der Waals surface area (Å²) in [5.74, 6) is 0.0669. The summed E-state index contributed by atoms with van der Waals surface area (Å²) in [4.78, 5) is 14.8. The number of hydrogen-bond donors (Lipinski definition) is 2. The van der Waals surface area contributed by atoms with E-state index >= 15 is 0 Å². The number of β-amino-alcohol motifs (C(OH)–C–C–N with tert-alkyl or cyclic N) is 1. The molecule has 1 saturated heterocycles. The molecular weight excluding hydrogens is 378 g/mol. The van der Waals surface area contributed by atoms with Gasteiger partial charge >= 0.3 is 0 Å². The van der Waals surface area contributed by atoms with Gasteiger partial charge in [-0.05, 0) is 49.2 Å². The molecule has 1 atom stereocenters. The smallest absolute Gasteiger partial charge is 0.189 e. The normalized spacial score (nSPS) is 17.8. The first-order valence-corrected chi connectivity index (χ1v) is 9.63. The van der Waals surface area contributed by atoms with Crippen LogP contribution in [0, 0.1) is 0 Å². The molecule has 1 heterocycles. The molecule has 2 aromatic rings. The Bertz CT molecular complexity index is 881. The van der Waals surface area contributed by atoms with Crippen LogP contribution in [0.1, 0.15) is 34.3 Å². The molecule has 0 amide bonds. The molecule has 1 aliphatic heterocycles. The third kappa shape index (κ3) is 4.93. The molecule has 28 heavy (non-hydrogen) atoms. The van der Waals surface area contributed by atoms with Gasteiger partial charge in [-0.2, -0.15) is 0 Å². The fraction of sp³-hybridized carbons (Fsp3) is 0.318. The third-order valence-electron chi connectivity index (χ3n) is 4.86. The SMILES string of the molecule is COc1cc(O)c(C(=O)/C=C/c2ccccc2Cl)cc1CN1CCCC(O)C1. The highest BCUT2D eigenvalue weighted by atomic mass is 35.5. The predicted octanol–water partition coefficient (Wildman–Crippen LogP) is 3.91. The second-order valence-electron chi connectivity index (χ2n) is 6.93. The number of carbonyl (C=O) groups is 1. The molecule has 5 nitrogen and oxygen atoms in total. The lowest BCUT2D eigenvalue weighted by Crippen LogP contribution is -2.37. The number of rotatable bonds is 6. The molecule has 2 N–H and O–H groups in total. The van der Waals surface area contributed by atoms with Gasteiger partial charge in [0.2, 0.25) is 0 Å². The Morgan fingerprint density at radius 3 is 2.86 bits per heavy atom. The van der Waals surface area contributed by atoms with Crippen LogP contribution in [-0.4, -0.2) is 47.2 Å². The molecule has 0 radical (unpaired) electrons. The number of halogens is 1. The maximum atomic E-state index is 12.7. The number of ether oxygens (including phenoxy) is 1. The molecule has 3 rings (SSSR count). The van der Waals surface area contributed by atoms with E-state index in [2.05, 4.69) is 4.90 Å². The van der Waals surface area contributed by atoms with Crippen LogP contribution in [0.5, 0.6) is 11.5 Å². The predicted molar refractivity (Wildman–Crippen MR) is 110 cm³/mol. The van der Waals surface area contributed by atoms with Crippen molar-refractivity contribution in [2.75, 3.05) is 20.2 Å². The van der Waals surface area contributed by atoms with E-state index in [1.807, 2.05) is 18.2 Å². The molecule has 6 heteroatoms. The number of likely N-dealkylation sites (tertiary alicyclic amines) is 1. The minimum absolute atomic E-state index is 0.131. The lowest BCUT2D eigenvalue weighted by atomic mass is 10.0. The summed E-state index contributed by atoms with van der Waals surface area (Å²) in [5.41, 5.74) is 1.73. The maximum Gasteiger partial charge on any atom is 0.189 e. The Morgan fingerprint density at radius 1 is 1.36 bits per heavy atom. The van der Waals surface area contributed by atoms with Crippen LogP contribution in [0.15, 0.2) is 42.5 Å². The summed E-state index contributed by atoms with van der Waals surface area (Å²) in [6, 6.07) is 10.3. The monoisotopic (exact) mass is 401 g/mol. The number of hydrogen-bond acceptors (Lipinski definition) is 5. The number of ketones is 1. The molecule has 1 aliphatic rings. The van der Waals surface area contributed by atoms with Gasteiger partial charge in [0, 0.05) is 29.7 Å². The first kappa shape index (κ1) is 20.4. The number of allylic oxidation sites excluding steroid dienone is 1. The van der Waals surface area contributed by atoms with Crippen molar-refractivity contribution in [3.8, 4) is 11.5 Å². The summed E-state index contributed by atoms with van der Waals surface area (Å²) in [7, 11) is 1.53. The highest BCUT2D eigenvalue weighted by molar-refractivity contribution is 6.32. The van der Waals surface area contributed by atoms with Gasteiger partial charge in [0.05, 0.1) is 18.8 Å². The minimum Gasteiger partial charge on any atom is -0.507 e. The fourth-order valence-electron chi connectivity index (χ4n) is 3.41. The Balaban J connectivity index is 1.84. The standard InChI is InChI=1S/C22H24ClNO4/c1-28-22-12-21(27)18(11-16(22)13-24-10-4-6-17(25)14-24)20(26)9-8-15-5-2-3-7-19(15)23/h2-3,5,7-9,11-12,17,25,27H,4,6,10,13-14H2,1H3/b9-8+. The maximum absolute atomic E-state index is 12.7. The first-order valence-electron chi connectivity index (χ1n) is 9.25. The number of phenolic OH excluding ortho intramolecular Hbond substituents is 1. The number of methoxy groups -OCH3 is 1. The average molecular weight is 402 g/mol. The number of carbonyl (C=O) groups excluding carboxylic acids is 1. The van der Waals surface area contributed by atoms with E-state index in [1.165, 1.54) is 19.3 Å². The lowest BCUT2D eigenvalue weighted by molar-refractivity contribution is 0.0664. The quantitative estimate of drug-likeness (QED) is 0.567. The van der Waals surface area contributed by atoms with Crippen molar-refractivity contribution in [2.24, 2.45) is 0 Å². The Hall–Kier alpha value is -2.34. The van der Waals surface area contributed by atoms with Gasteiger partial charge < -0.3 is 14.9 Å². The molecule has 0 aliphatic carbocycles. The van der Waals surface area contributed by atoms with Gasteiger partial charge in [-0.3, -0.25) is 9.69 Å². The molecule has 0 spiro atoms. The van der Waals surface area contributed by atoms with Crippen LogP contribution in [0.4, 0.5) is 0 Å². The van der Waals surface area contributed by atoms with Crippen LogP contribution in [0.2, 0.25) is 5.02 Å². The Kier molecular flexibility index (Phi) is 6.73. The summed E-state index contributed by atoms with van der Waals surface area (Å²) in [5, 5.41) is 20.7. The van der Waals surface area contributed by atoms with Crippen molar-refractivity contribution in [1.82, 2.24) is 4.90 Å². The van der Waals surface area contributed by atoms with Gasteiger partial charge in [0.1, 0.15) is 11.5 Å². The second-order valence-corrected chi connectivity index (χ2v) is 7.34. The van der Waals surface area contributed by atoms with E-state index < -0.39 is 0 Å². The van der Waals surface area contributed by atoms with Gasteiger partial charge in [-0.15, -0.1) is 0 Å². The number of piperidine rings is 1. The summed E-state index contributed by atoms with van der Waals surface area (Å²) < 4.78 is 5.38. The van der Waals surface area contributed by atoms with Crippen molar-refractivity contribution in [2.45, 2.75) is 25.5 Å². The topological polar surface area (TPSA) is 70.0 Å². The van der Waals surface area contributed by atoms with Crippen molar-refractivity contribution >= 4 is 23.5 Å². The van der Waals surface area contributed by atoms with Gasteiger partial charge in [-0.25, -0.2) is 0 Å². The van der Waals surface area contributed by atoms with Gasteiger partial charge in [-0.1, -0.05) is 29.8 Å². The van der Waals surface area contributed by atoms with Gasteiger partial charge in [0.25, 0.3) is 0 Å². The summed E-state index contributed by atoms with van der Waals surface area (Å²) >= 11 is 6.12. The van der Waals surface area contributed by atoms with E-state index in [9.17, 15) is 15.0 Å². The lowest BCUT2D eigenvalue weighted by Gasteiger charge is -2.30. The van der Waals surface area contributed by atoms with E-state index in [-0.39, 0.29) is 23.2 Å². The molecule has 0 saturated carbocycles. The Morgan fingerprint density at radius 2 is 2.14 bits per heavy atom. The number of aliphatic hydroxyl groups is 1. The number of aliphatic hydroxyl groups excluding tert-OH is 1. The van der Waals surface area contributed by atoms with E-state index in [4.69, 9.17) is 16.3 Å². The van der Waals surface area contributed by atoms with Crippen molar-refractivity contribution in [1.29, 1.82) is 0 Å². The van der Waals surface area contributed by atoms with E-state index in [1.54, 1.807) is 18.2 Å². The highest BCUT2D eigenvalue weighted by Crippen LogP contribution is 2.31. The molecule has 0 bridgehead atoms. The zero-order valence-corrected chi connectivity index (χ0v) is 16.5. The van der Waals surface area contributed by atoms with E-state index in [0.717, 1.165) is 30.5 Å². The summed E-state index contributed by atoms with van der Waals surface area (Å²) in [6.45, 7) is 1.99. The molecule has 2 aromatic carbocycles. The zero-order valence-electron chi connectivity index (χ0n) is 15.8. The number of phenols is 1. The van der Waals surface area contributed by atoms with Crippen molar-refractivity contribution < 1.29 is 19.7 Å². The highest BCUT2D eigenvalue weighted by Gasteiger charge is 2.21. The van der Waals surface area contributed by atoms with Crippen LogP contribution in [-0.2, 0) is 6.54 Å². The number of nitrogens with zero attached hydrogens (tertiary/aromatic N) is 1. The van der Waals surface area contributed by atoms with Gasteiger partial charge in [0.15, 0.2) is 5.78 Å². The van der Waals surface area contributed by atoms with Crippen LogP contribution < -0.4 is 4.74 Å². The molecular formula is C22H24ClNO4. The summed E-state index contributed by atoms with van der Waals surface area (Å²) in [6.07, 6.45) is 4.43. The zero-order chi connectivity index (χ0) is 20.1. The minimum atomic E-state index is -0.337. The first-order chi connectivity index (χ1) is 13.5. The van der Waals surface area contributed by atoms with E-state index in [0.29, 0.717) is 23.9 Å².